The molecule has 0 saturated carbocycles. The zero-order chi connectivity index (χ0) is 22.8. The van der Waals surface area contributed by atoms with Crippen molar-refractivity contribution >= 4 is 39.4 Å². The van der Waals surface area contributed by atoms with Crippen molar-refractivity contribution in [2.45, 2.75) is 44.9 Å². The summed E-state index contributed by atoms with van der Waals surface area (Å²) in [5.41, 5.74) is -0.160. The fraction of sp³-hybridized carbons (Fsp3) is 0.524. The van der Waals surface area contributed by atoms with Crippen LogP contribution in [0, 0.1) is 0 Å². The first kappa shape index (κ1) is 22.4. The molecule has 0 radical (unpaired) electrons. The molecule has 1 aliphatic rings. The van der Waals surface area contributed by atoms with E-state index in [0.29, 0.717) is 24.4 Å². The molecule has 3 aromatic heterocycles. The first-order chi connectivity index (χ1) is 15.4. The largest absolute Gasteiger partial charge is 0.432 e. The van der Waals surface area contributed by atoms with Crippen LogP contribution < -0.4 is 10.9 Å². The number of nitrogens with one attached hydrogen (secondary N) is 1. The SMILES string of the molecule is CC(C)c1nn([C@H](OC=O)C(=O)NC2CCCN(CCF)C2)c(=O)c2cc3ccsc3n12. The monoisotopic (exact) mass is 463 g/mol. The maximum Gasteiger partial charge on any atom is 0.295 e. The van der Waals surface area contributed by atoms with Gasteiger partial charge >= 0.3 is 0 Å². The Kier molecular flexibility index (Phi) is 6.56. The van der Waals surface area contributed by atoms with Crippen LogP contribution in [0.4, 0.5) is 4.39 Å². The van der Waals surface area contributed by atoms with E-state index < -0.39 is 24.4 Å². The van der Waals surface area contributed by atoms with Gasteiger partial charge in [0.15, 0.2) is 0 Å². The summed E-state index contributed by atoms with van der Waals surface area (Å²) in [4.78, 5) is 40.4. The predicted octanol–water partition coefficient (Wildman–Crippen LogP) is 2.06. The molecule has 9 nitrogen and oxygen atoms in total. The van der Waals surface area contributed by atoms with E-state index >= 15 is 0 Å². The molecule has 1 amide bonds. The number of halogens is 1. The molecule has 1 aliphatic heterocycles. The van der Waals surface area contributed by atoms with Crippen molar-refractivity contribution in [2.24, 2.45) is 0 Å². The van der Waals surface area contributed by atoms with Gasteiger partial charge in [0.2, 0.25) is 0 Å². The molecule has 4 rings (SSSR count). The van der Waals surface area contributed by atoms with Crippen molar-refractivity contribution in [3.63, 3.8) is 0 Å². The number of alkyl halides is 1. The summed E-state index contributed by atoms with van der Waals surface area (Å²) in [5, 5.41) is 10.1. The van der Waals surface area contributed by atoms with Crippen molar-refractivity contribution in [2.75, 3.05) is 26.3 Å². The second kappa shape index (κ2) is 9.37. The summed E-state index contributed by atoms with van der Waals surface area (Å²) in [6.07, 6.45) is -0.00482. The molecule has 0 bridgehead atoms. The molecule has 0 aliphatic carbocycles. The van der Waals surface area contributed by atoms with E-state index in [4.69, 9.17) is 4.74 Å². The molecule has 2 atom stereocenters. The van der Waals surface area contributed by atoms with Crippen LogP contribution in [0.5, 0.6) is 0 Å². The molecule has 1 saturated heterocycles. The average molecular weight is 464 g/mol. The number of aromatic nitrogens is 3. The zero-order valence-corrected chi connectivity index (χ0v) is 18.8. The molecular formula is C21H26FN5O4S. The highest BCUT2D eigenvalue weighted by Crippen LogP contribution is 2.27. The summed E-state index contributed by atoms with van der Waals surface area (Å²) < 4.78 is 20.5. The smallest absolute Gasteiger partial charge is 0.295 e. The van der Waals surface area contributed by atoms with Gasteiger partial charge < -0.3 is 10.1 Å². The first-order valence-electron chi connectivity index (χ1n) is 10.6. The lowest BCUT2D eigenvalue weighted by Crippen LogP contribution is -2.51. The number of amides is 1. The summed E-state index contributed by atoms with van der Waals surface area (Å²) in [7, 11) is 0. The summed E-state index contributed by atoms with van der Waals surface area (Å²) in [6.45, 7) is 5.14. The van der Waals surface area contributed by atoms with Gasteiger partial charge in [0.1, 0.15) is 22.8 Å². The van der Waals surface area contributed by atoms with Crippen molar-refractivity contribution in [3.05, 3.63) is 33.7 Å². The maximum atomic E-state index is 13.3. The van der Waals surface area contributed by atoms with Crippen LogP contribution >= 0.6 is 11.3 Å². The molecule has 1 N–H and O–H groups in total. The van der Waals surface area contributed by atoms with Crippen LogP contribution in [0.15, 0.2) is 22.3 Å². The Morgan fingerprint density at radius 1 is 1.47 bits per heavy atom. The van der Waals surface area contributed by atoms with Gasteiger partial charge in [-0.05, 0) is 36.9 Å². The number of carbonyl (C=O) groups is 2. The van der Waals surface area contributed by atoms with Crippen LogP contribution in [0.25, 0.3) is 15.7 Å². The van der Waals surface area contributed by atoms with Gasteiger partial charge in [-0.25, -0.2) is 4.39 Å². The van der Waals surface area contributed by atoms with Crippen molar-refractivity contribution in [1.29, 1.82) is 0 Å². The highest BCUT2D eigenvalue weighted by molar-refractivity contribution is 7.16. The van der Waals surface area contributed by atoms with Crippen LogP contribution in [-0.2, 0) is 14.3 Å². The normalized spacial score (nSPS) is 18.3. The van der Waals surface area contributed by atoms with E-state index in [2.05, 4.69) is 10.4 Å². The predicted molar refractivity (Wildman–Crippen MR) is 119 cm³/mol. The van der Waals surface area contributed by atoms with E-state index in [1.54, 1.807) is 10.5 Å². The molecule has 11 heteroatoms. The third-order valence-electron chi connectivity index (χ3n) is 5.68. The van der Waals surface area contributed by atoms with Crippen LogP contribution in [0.1, 0.15) is 44.7 Å². The molecule has 4 heterocycles. The second-order valence-electron chi connectivity index (χ2n) is 8.23. The van der Waals surface area contributed by atoms with E-state index in [9.17, 15) is 18.8 Å². The van der Waals surface area contributed by atoms with Gasteiger partial charge in [-0.15, -0.1) is 11.3 Å². The van der Waals surface area contributed by atoms with Gasteiger partial charge in [0.05, 0.1) is 0 Å². The summed E-state index contributed by atoms with van der Waals surface area (Å²) >= 11 is 1.50. The number of fused-ring (bicyclic) bond motifs is 3. The van der Waals surface area contributed by atoms with E-state index in [1.807, 2.05) is 30.2 Å². The molecule has 0 aromatic carbocycles. The lowest BCUT2D eigenvalue weighted by Gasteiger charge is -2.33. The number of nitrogens with zero attached hydrogens (tertiary/aromatic N) is 4. The minimum Gasteiger partial charge on any atom is -0.432 e. The summed E-state index contributed by atoms with van der Waals surface area (Å²) in [5.74, 6) is -0.114. The van der Waals surface area contributed by atoms with Crippen LogP contribution in [0.3, 0.4) is 0 Å². The number of carbonyl (C=O) groups excluding carboxylic acids is 2. The topological polar surface area (TPSA) is 97.9 Å². The number of likely N-dealkylation sites (tertiary alicyclic amines) is 1. The Hall–Kier alpha value is -2.79. The van der Waals surface area contributed by atoms with E-state index in [1.165, 1.54) is 11.3 Å². The molecule has 1 unspecified atom stereocenters. The molecule has 1 fully saturated rings. The fourth-order valence-electron chi connectivity index (χ4n) is 4.21. The Morgan fingerprint density at radius 3 is 3.00 bits per heavy atom. The third kappa shape index (κ3) is 4.14. The van der Waals surface area contributed by atoms with E-state index in [0.717, 1.165) is 34.3 Å². The van der Waals surface area contributed by atoms with Crippen molar-refractivity contribution in [3.8, 4) is 0 Å². The standard InChI is InChI=1S/C21H26FN5O4S/c1-13(2)17-24-27(19(30)16-10-14-5-9-32-21(14)26(16)17)20(31-12-28)18(29)23-15-4-3-7-25(11-15)8-6-22/h5,9-10,12-13,15,20H,3-4,6-8,11H2,1-2H3,(H,23,29)/t15?,20-/m1/s1. The number of piperidine rings is 1. The van der Waals surface area contributed by atoms with Gasteiger partial charge in [0, 0.05) is 30.4 Å². The maximum absolute atomic E-state index is 13.3. The van der Waals surface area contributed by atoms with Gasteiger partial charge in [-0.2, -0.15) is 9.78 Å². The number of thiophene rings is 1. The van der Waals surface area contributed by atoms with Crippen molar-refractivity contribution < 1.29 is 18.7 Å². The molecule has 3 aromatic rings. The summed E-state index contributed by atoms with van der Waals surface area (Å²) in [6, 6.07) is 3.44. The Labute approximate surface area is 187 Å². The minimum absolute atomic E-state index is 0.0606. The Balaban J connectivity index is 1.70. The fourth-order valence-corrected chi connectivity index (χ4v) is 5.11. The first-order valence-corrected chi connectivity index (χ1v) is 11.5. The second-order valence-corrected chi connectivity index (χ2v) is 9.13. The average Bonchev–Trinajstić information content (AvgIpc) is 3.35. The van der Waals surface area contributed by atoms with Gasteiger partial charge in [-0.3, -0.25) is 23.7 Å². The quantitative estimate of drug-likeness (QED) is 0.514. The molecule has 32 heavy (non-hydrogen) atoms. The zero-order valence-electron chi connectivity index (χ0n) is 18.0. The Bertz CT molecular complexity index is 1180. The number of ether oxygens (including phenoxy) is 1. The lowest BCUT2D eigenvalue weighted by molar-refractivity contribution is -0.152. The number of rotatable bonds is 8. The van der Waals surface area contributed by atoms with Crippen molar-refractivity contribution in [1.82, 2.24) is 24.4 Å². The van der Waals surface area contributed by atoms with E-state index in [-0.39, 0.29) is 18.4 Å². The van der Waals surface area contributed by atoms with Crippen LogP contribution in [0.2, 0.25) is 0 Å². The minimum atomic E-state index is -1.54. The number of hydrogen-bond donors (Lipinski definition) is 1. The number of hydrogen-bond acceptors (Lipinski definition) is 7. The van der Waals surface area contributed by atoms with Crippen LogP contribution in [-0.4, -0.2) is 63.8 Å². The lowest BCUT2D eigenvalue weighted by atomic mass is 10.1. The van der Waals surface area contributed by atoms with Gasteiger partial charge in [0.25, 0.3) is 24.2 Å². The molecular weight excluding hydrogens is 437 g/mol. The van der Waals surface area contributed by atoms with Gasteiger partial charge in [-0.1, -0.05) is 13.8 Å². The highest BCUT2D eigenvalue weighted by Gasteiger charge is 2.30. The third-order valence-corrected chi connectivity index (χ3v) is 6.59. The highest BCUT2D eigenvalue weighted by atomic mass is 32.1. The Morgan fingerprint density at radius 2 is 2.28 bits per heavy atom. The molecule has 0 spiro atoms. The molecule has 172 valence electrons.